The molecule has 0 heterocycles. The van der Waals surface area contributed by atoms with Crippen molar-refractivity contribution in [1.82, 2.24) is 0 Å². The summed E-state index contributed by atoms with van der Waals surface area (Å²) < 4.78 is 5.39. The molecule has 0 unspecified atom stereocenters. The normalized spacial score (nSPS) is 11.6. The Labute approximate surface area is 91.9 Å². The Hall–Kier alpha value is -1.02. The van der Waals surface area contributed by atoms with Gasteiger partial charge in [-0.2, -0.15) is 0 Å². The Morgan fingerprint density at radius 1 is 1.27 bits per heavy atom. The SMILES string of the molecule is COc1c(CO)cc(C)cc1C(C)(C)C. The third-order valence-corrected chi connectivity index (χ3v) is 2.49. The van der Waals surface area contributed by atoms with Crippen LogP contribution in [0.4, 0.5) is 0 Å². The zero-order valence-electron chi connectivity index (χ0n) is 10.2. The highest BCUT2D eigenvalue weighted by molar-refractivity contribution is 5.47. The van der Waals surface area contributed by atoms with E-state index in [0.29, 0.717) is 0 Å². The summed E-state index contributed by atoms with van der Waals surface area (Å²) in [4.78, 5) is 0. The molecule has 1 aromatic rings. The van der Waals surface area contributed by atoms with Crippen LogP contribution in [-0.4, -0.2) is 12.2 Å². The molecule has 0 aliphatic carbocycles. The van der Waals surface area contributed by atoms with Gasteiger partial charge >= 0.3 is 0 Å². The molecule has 0 aromatic heterocycles. The molecule has 84 valence electrons. The van der Waals surface area contributed by atoms with E-state index in [2.05, 4.69) is 26.8 Å². The molecule has 0 saturated heterocycles. The molecule has 0 bridgehead atoms. The first-order valence-electron chi connectivity index (χ1n) is 5.19. The number of hydrogen-bond donors (Lipinski definition) is 1. The van der Waals surface area contributed by atoms with E-state index in [0.717, 1.165) is 22.4 Å². The molecular formula is C13H20O2. The molecule has 0 fully saturated rings. The number of ether oxygens (including phenoxy) is 1. The molecule has 2 nitrogen and oxygen atoms in total. The van der Waals surface area contributed by atoms with Crippen LogP contribution in [0, 0.1) is 6.92 Å². The Kier molecular flexibility index (Phi) is 3.40. The van der Waals surface area contributed by atoms with Crippen LogP contribution in [0.2, 0.25) is 0 Å². The fraction of sp³-hybridized carbons (Fsp3) is 0.538. The lowest BCUT2D eigenvalue weighted by atomic mass is 9.84. The molecule has 0 aliphatic heterocycles. The van der Waals surface area contributed by atoms with E-state index in [9.17, 15) is 5.11 Å². The van der Waals surface area contributed by atoms with Crippen molar-refractivity contribution in [2.24, 2.45) is 0 Å². The summed E-state index contributed by atoms with van der Waals surface area (Å²) in [5, 5.41) is 9.28. The molecule has 0 aliphatic rings. The Bertz CT molecular complexity index is 348. The van der Waals surface area contributed by atoms with Crippen molar-refractivity contribution in [3.8, 4) is 5.75 Å². The summed E-state index contributed by atoms with van der Waals surface area (Å²) in [6, 6.07) is 4.09. The van der Waals surface area contributed by atoms with Gasteiger partial charge in [0.25, 0.3) is 0 Å². The number of aliphatic hydroxyl groups is 1. The van der Waals surface area contributed by atoms with Crippen LogP contribution in [0.15, 0.2) is 12.1 Å². The quantitative estimate of drug-likeness (QED) is 0.809. The van der Waals surface area contributed by atoms with Gasteiger partial charge in [0.2, 0.25) is 0 Å². The maximum Gasteiger partial charge on any atom is 0.128 e. The van der Waals surface area contributed by atoms with Crippen LogP contribution < -0.4 is 4.74 Å². The monoisotopic (exact) mass is 208 g/mol. The third kappa shape index (κ3) is 2.51. The van der Waals surface area contributed by atoms with E-state index in [1.807, 2.05) is 13.0 Å². The maximum absolute atomic E-state index is 9.28. The van der Waals surface area contributed by atoms with Crippen LogP contribution >= 0.6 is 0 Å². The van der Waals surface area contributed by atoms with Gasteiger partial charge in [-0.15, -0.1) is 0 Å². The van der Waals surface area contributed by atoms with Gasteiger partial charge < -0.3 is 9.84 Å². The molecule has 2 heteroatoms. The topological polar surface area (TPSA) is 29.5 Å². The summed E-state index contributed by atoms with van der Waals surface area (Å²) in [7, 11) is 1.65. The minimum atomic E-state index is 0.0218. The molecule has 0 radical (unpaired) electrons. The molecule has 1 N–H and O–H groups in total. The Balaban J connectivity index is 3.42. The van der Waals surface area contributed by atoms with Crippen LogP contribution in [0.5, 0.6) is 5.75 Å². The second-order valence-corrected chi connectivity index (χ2v) is 4.91. The van der Waals surface area contributed by atoms with Crippen molar-refractivity contribution in [3.63, 3.8) is 0 Å². The highest BCUT2D eigenvalue weighted by Gasteiger charge is 2.21. The molecule has 0 saturated carbocycles. The fourth-order valence-corrected chi connectivity index (χ4v) is 1.76. The lowest BCUT2D eigenvalue weighted by Crippen LogP contribution is -2.14. The minimum absolute atomic E-state index is 0.0218. The molecule has 1 rings (SSSR count). The minimum Gasteiger partial charge on any atom is -0.496 e. The van der Waals surface area contributed by atoms with E-state index in [4.69, 9.17) is 4.74 Å². The van der Waals surface area contributed by atoms with E-state index in [1.165, 1.54) is 0 Å². The van der Waals surface area contributed by atoms with Crippen molar-refractivity contribution in [2.75, 3.05) is 7.11 Å². The summed E-state index contributed by atoms with van der Waals surface area (Å²) in [6.07, 6.45) is 0. The lowest BCUT2D eigenvalue weighted by Gasteiger charge is -2.24. The molecule has 15 heavy (non-hydrogen) atoms. The number of methoxy groups -OCH3 is 1. The van der Waals surface area contributed by atoms with Crippen molar-refractivity contribution in [2.45, 2.75) is 39.7 Å². The van der Waals surface area contributed by atoms with Gasteiger partial charge in [-0.3, -0.25) is 0 Å². The smallest absolute Gasteiger partial charge is 0.128 e. The summed E-state index contributed by atoms with van der Waals surface area (Å²) in [6.45, 7) is 8.49. The Morgan fingerprint density at radius 3 is 2.27 bits per heavy atom. The van der Waals surface area contributed by atoms with Gasteiger partial charge in [0.15, 0.2) is 0 Å². The zero-order valence-corrected chi connectivity index (χ0v) is 10.2. The van der Waals surface area contributed by atoms with Crippen molar-refractivity contribution >= 4 is 0 Å². The van der Waals surface area contributed by atoms with E-state index in [1.54, 1.807) is 7.11 Å². The molecular weight excluding hydrogens is 188 g/mol. The van der Waals surface area contributed by atoms with Crippen LogP contribution in [0.3, 0.4) is 0 Å². The summed E-state index contributed by atoms with van der Waals surface area (Å²) in [5.41, 5.74) is 3.20. The van der Waals surface area contributed by atoms with Gasteiger partial charge in [0.1, 0.15) is 5.75 Å². The fourth-order valence-electron chi connectivity index (χ4n) is 1.76. The molecule has 0 spiro atoms. The van der Waals surface area contributed by atoms with E-state index >= 15 is 0 Å². The third-order valence-electron chi connectivity index (χ3n) is 2.49. The standard InChI is InChI=1S/C13H20O2/c1-9-6-10(8-14)12(15-5)11(7-9)13(2,3)4/h6-7,14H,8H2,1-5H3. The van der Waals surface area contributed by atoms with Gasteiger partial charge in [-0.05, 0) is 12.3 Å². The number of benzene rings is 1. The summed E-state index contributed by atoms with van der Waals surface area (Å²) in [5.74, 6) is 0.815. The van der Waals surface area contributed by atoms with Gasteiger partial charge in [-0.1, -0.05) is 38.5 Å². The zero-order chi connectivity index (χ0) is 11.6. The molecule has 0 amide bonds. The maximum atomic E-state index is 9.28. The van der Waals surface area contributed by atoms with Crippen LogP contribution in [0.1, 0.15) is 37.5 Å². The highest BCUT2D eigenvalue weighted by Crippen LogP contribution is 2.35. The van der Waals surface area contributed by atoms with Crippen LogP contribution in [-0.2, 0) is 12.0 Å². The number of aryl methyl sites for hydroxylation is 1. The largest absolute Gasteiger partial charge is 0.496 e. The van der Waals surface area contributed by atoms with Crippen LogP contribution in [0.25, 0.3) is 0 Å². The van der Waals surface area contributed by atoms with E-state index < -0.39 is 0 Å². The molecule has 1 aromatic carbocycles. The van der Waals surface area contributed by atoms with Gasteiger partial charge in [0, 0.05) is 11.1 Å². The number of hydrogen-bond acceptors (Lipinski definition) is 2. The Morgan fingerprint density at radius 2 is 1.87 bits per heavy atom. The lowest BCUT2D eigenvalue weighted by molar-refractivity contribution is 0.272. The van der Waals surface area contributed by atoms with E-state index in [-0.39, 0.29) is 12.0 Å². The van der Waals surface area contributed by atoms with Crippen molar-refractivity contribution in [1.29, 1.82) is 0 Å². The first-order chi connectivity index (χ1) is 6.90. The van der Waals surface area contributed by atoms with Gasteiger partial charge in [0.05, 0.1) is 13.7 Å². The van der Waals surface area contributed by atoms with Crippen molar-refractivity contribution < 1.29 is 9.84 Å². The number of aliphatic hydroxyl groups excluding tert-OH is 1. The average molecular weight is 208 g/mol. The van der Waals surface area contributed by atoms with Crippen molar-refractivity contribution in [3.05, 3.63) is 28.8 Å². The predicted octanol–water partition coefficient (Wildman–Crippen LogP) is 2.79. The predicted molar refractivity (Wildman–Crippen MR) is 62.4 cm³/mol. The second-order valence-electron chi connectivity index (χ2n) is 4.91. The first-order valence-corrected chi connectivity index (χ1v) is 5.19. The molecule has 0 atom stereocenters. The summed E-state index contributed by atoms with van der Waals surface area (Å²) >= 11 is 0. The first kappa shape index (κ1) is 12.1. The highest BCUT2D eigenvalue weighted by atomic mass is 16.5. The number of rotatable bonds is 2. The van der Waals surface area contributed by atoms with Gasteiger partial charge in [-0.25, -0.2) is 0 Å². The second kappa shape index (κ2) is 4.23. The average Bonchev–Trinajstić information content (AvgIpc) is 2.15.